The molecule has 6 rings (SSSR count). The lowest BCUT2D eigenvalue weighted by atomic mass is 9.82. The molecule has 0 N–H and O–H groups in total. The Hall–Kier alpha value is -2.84. The van der Waals surface area contributed by atoms with E-state index in [9.17, 15) is 0 Å². The van der Waals surface area contributed by atoms with Crippen LogP contribution in [0, 0.1) is 0 Å². The fraction of sp³-hybridized carbons (Fsp3) is 0.111. The molecular weight excluding hydrogens is 420 g/mol. The van der Waals surface area contributed by atoms with Crippen LogP contribution in [0.5, 0.6) is 0 Å². The lowest BCUT2D eigenvalue weighted by Crippen LogP contribution is -2.14. The summed E-state index contributed by atoms with van der Waals surface area (Å²) in [4.78, 5) is 0. The van der Waals surface area contributed by atoms with Crippen molar-refractivity contribution in [3.63, 3.8) is 0 Å². The second kappa shape index (κ2) is 5.84. The molecule has 0 saturated heterocycles. The quantitative estimate of drug-likeness (QED) is 0.256. The van der Waals surface area contributed by atoms with Gasteiger partial charge in [0, 0.05) is 20.7 Å². The van der Waals surface area contributed by atoms with Crippen LogP contribution in [0.1, 0.15) is 25.0 Å². The second-order valence-electron chi connectivity index (χ2n) is 8.33. The normalized spacial score (nSPS) is 14.3. The van der Waals surface area contributed by atoms with Gasteiger partial charge in [-0.25, -0.2) is 0 Å². The van der Waals surface area contributed by atoms with Gasteiger partial charge in [-0.3, -0.25) is 0 Å². The third kappa shape index (κ3) is 2.27. The molecule has 1 aliphatic rings. The van der Waals surface area contributed by atoms with Crippen molar-refractivity contribution in [1.29, 1.82) is 0 Å². The standard InChI is InChI=1S/C27H19BrO/c1-27(2)21-11-5-3-8-16(21)19-14-20-25(15-22(19)27)29-24-13-7-10-18(26(20)24)17-9-4-6-12-23(17)28/h3-15H,1-2H3. The van der Waals surface area contributed by atoms with Gasteiger partial charge in [0.1, 0.15) is 11.2 Å². The summed E-state index contributed by atoms with van der Waals surface area (Å²) in [5, 5.41) is 2.36. The molecule has 0 fully saturated rings. The van der Waals surface area contributed by atoms with Gasteiger partial charge >= 0.3 is 0 Å². The van der Waals surface area contributed by atoms with Crippen LogP contribution < -0.4 is 0 Å². The summed E-state index contributed by atoms with van der Waals surface area (Å²) >= 11 is 3.73. The predicted molar refractivity (Wildman–Crippen MR) is 124 cm³/mol. The van der Waals surface area contributed by atoms with E-state index >= 15 is 0 Å². The zero-order valence-electron chi connectivity index (χ0n) is 16.3. The minimum atomic E-state index is -0.0234. The molecule has 1 aliphatic carbocycles. The molecular formula is C27H19BrO. The Morgan fingerprint density at radius 1 is 0.655 bits per heavy atom. The van der Waals surface area contributed by atoms with E-state index in [-0.39, 0.29) is 5.41 Å². The first kappa shape index (κ1) is 17.1. The molecule has 0 radical (unpaired) electrons. The maximum absolute atomic E-state index is 6.36. The average Bonchev–Trinajstić information content (AvgIpc) is 3.20. The molecule has 4 aromatic carbocycles. The molecule has 0 atom stereocenters. The van der Waals surface area contributed by atoms with Crippen molar-refractivity contribution in [3.05, 3.63) is 94.5 Å². The third-order valence-corrected chi connectivity index (χ3v) is 7.05. The van der Waals surface area contributed by atoms with Gasteiger partial charge in [-0.2, -0.15) is 0 Å². The summed E-state index contributed by atoms with van der Waals surface area (Å²) < 4.78 is 7.45. The minimum absolute atomic E-state index is 0.0234. The van der Waals surface area contributed by atoms with E-state index in [4.69, 9.17) is 4.42 Å². The number of rotatable bonds is 1. The Kier molecular flexibility index (Phi) is 3.43. The summed E-state index contributed by atoms with van der Waals surface area (Å²) in [6.45, 7) is 4.61. The number of hydrogen-bond donors (Lipinski definition) is 0. The minimum Gasteiger partial charge on any atom is -0.456 e. The number of furan rings is 1. The van der Waals surface area contributed by atoms with Crippen molar-refractivity contribution in [2.75, 3.05) is 0 Å². The fourth-order valence-electron chi connectivity index (χ4n) is 4.92. The van der Waals surface area contributed by atoms with Crippen molar-refractivity contribution in [2.24, 2.45) is 0 Å². The third-order valence-electron chi connectivity index (χ3n) is 6.36. The molecule has 0 spiro atoms. The van der Waals surface area contributed by atoms with Gasteiger partial charge in [0.25, 0.3) is 0 Å². The van der Waals surface area contributed by atoms with Crippen LogP contribution in [0.25, 0.3) is 44.2 Å². The lowest BCUT2D eigenvalue weighted by Gasteiger charge is -2.21. The first-order chi connectivity index (χ1) is 14.1. The van der Waals surface area contributed by atoms with Crippen LogP contribution in [0.3, 0.4) is 0 Å². The zero-order chi connectivity index (χ0) is 19.8. The molecule has 1 heterocycles. The number of fused-ring (bicyclic) bond motifs is 6. The fourth-order valence-corrected chi connectivity index (χ4v) is 5.42. The van der Waals surface area contributed by atoms with Crippen LogP contribution in [-0.4, -0.2) is 0 Å². The van der Waals surface area contributed by atoms with Gasteiger partial charge in [-0.15, -0.1) is 0 Å². The highest BCUT2D eigenvalue weighted by Gasteiger charge is 2.36. The summed E-state index contributed by atoms with van der Waals surface area (Å²) in [6, 6.07) is 28.1. The Morgan fingerprint density at radius 3 is 2.21 bits per heavy atom. The second-order valence-corrected chi connectivity index (χ2v) is 9.18. The van der Waals surface area contributed by atoms with Gasteiger partial charge in [0.15, 0.2) is 0 Å². The lowest BCUT2D eigenvalue weighted by molar-refractivity contribution is 0.647. The van der Waals surface area contributed by atoms with Crippen molar-refractivity contribution in [2.45, 2.75) is 19.3 Å². The molecule has 1 aromatic heterocycles. The van der Waals surface area contributed by atoms with Gasteiger partial charge in [-0.1, -0.05) is 84.4 Å². The summed E-state index contributed by atoms with van der Waals surface area (Å²) in [7, 11) is 0. The molecule has 5 aromatic rings. The molecule has 140 valence electrons. The van der Waals surface area contributed by atoms with E-state index in [0.717, 1.165) is 15.6 Å². The van der Waals surface area contributed by atoms with Gasteiger partial charge < -0.3 is 4.42 Å². The summed E-state index contributed by atoms with van der Waals surface area (Å²) in [5.41, 5.74) is 9.63. The summed E-state index contributed by atoms with van der Waals surface area (Å²) in [5.74, 6) is 0. The van der Waals surface area contributed by atoms with Gasteiger partial charge in [0.2, 0.25) is 0 Å². The Bertz CT molecular complexity index is 1440. The first-order valence-corrected chi connectivity index (χ1v) is 10.7. The van der Waals surface area contributed by atoms with Crippen molar-refractivity contribution in [3.8, 4) is 22.3 Å². The monoisotopic (exact) mass is 438 g/mol. The van der Waals surface area contributed by atoms with Crippen molar-refractivity contribution in [1.82, 2.24) is 0 Å². The van der Waals surface area contributed by atoms with Crippen LogP contribution in [0.2, 0.25) is 0 Å². The average molecular weight is 439 g/mol. The summed E-state index contributed by atoms with van der Waals surface area (Å²) in [6.07, 6.45) is 0. The highest BCUT2D eigenvalue weighted by molar-refractivity contribution is 9.10. The zero-order valence-corrected chi connectivity index (χ0v) is 17.9. The SMILES string of the molecule is CC1(C)c2ccccc2-c2cc3c(cc21)oc1cccc(-c2ccccc2Br)c13. The van der Waals surface area contributed by atoms with Gasteiger partial charge in [-0.05, 0) is 57.6 Å². The highest BCUT2D eigenvalue weighted by atomic mass is 79.9. The molecule has 1 nitrogen and oxygen atoms in total. The molecule has 0 bridgehead atoms. The number of benzene rings is 4. The molecule has 0 saturated carbocycles. The number of hydrogen-bond acceptors (Lipinski definition) is 1. The molecule has 0 aliphatic heterocycles. The first-order valence-electron chi connectivity index (χ1n) is 9.90. The van der Waals surface area contributed by atoms with Crippen molar-refractivity contribution >= 4 is 37.9 Å². The Morgan fingerprint density at radius 2 is 1.38 bits per heavy atom. The van der Waals surface area contributed by atoms with E-state index in [1.54, 1.807) is 0 Å². The van der Waals surface area contributed by atoms with E-state index < -0.39 is 0 Å². The Labute approximate surface area is 178 Å². The maximum atomic E-state index is 6.36. The van der Waals surface area contributed by atoms with E-state index in [1.165, 1.54) is 44.2 Å². The Balaban J connectivity index is 1.73. The largest absolute Gasteiger partial charge is 0.456 e. The van der Waals surface area contributed by atoms with E-state index in [1.807, 2.05) is 6.07 Å². The van der Waals surface area contributed by atoms with Crippen LogP contribution in [0.15, 0.2) is 87.8 Å². The molecule has 0 amide bonds. The van der Waals surface area contributed by atoms with Crippen LogP contribution >= 0.6 is 15.9 Å². The van der Waals surface area contributed by atoms with Gasteiger partial charge in [0.05, 0.1) is 0 Å². The molecule has 2 heteroatoms. The number of halogens is 1. The predicted octanol–water partition coefficient (Wildman–Crippen LogP) is 8.32. The molecule has 29 heavy (non-hydrogen) atoms. The van der Waals surface area contributed by atoms with Crippen molar-refractivity contribution < 1.29 is 4.42 Å². The topological polar surface area (TPSA) is 13.1 Å². The van der Waals surface area contributed by atoms with E-state index in [0.29, 0.717) is 0 Å². The highest BCUT2D eigenvalue weighted by Crippen LogP contribution is 2.51. The molecule has 0 unspecified atom stereocenters. The van der Waals surface area contributed by atoms with Crippen LogP contribution in [0.4, 0.5) is 0 Å². The van der Waals surface area contributed by atoms with E-state index in [2.05, 4.69) is 103 Å². The van der Waals surface area contributed by atoms with Crippen LogP contribution in [-0.2, 0) is 5.41 Å². The smallest absolute Gasteiger partial charge is 0.136 e. The maximum Gasteiger partial charge on any atom is 0.136 e.